The predicted molar refractivity (Wildman–Crippen MR) is 106 cm³/mol. The van der Waals surface area contributed by atoms with Crippen LogP contribution in [0.3, 0.4) is 0 Å². The summed E-state index contributed by atoms with van der Waals surface area (Å²) in [5.41, 5.74) is 4.96. The number of nitrogens with zero attached hydrogens (tertiary/aromatic N) is 3. The van der Waals surface area contributed by atoms with Gasteiger partial charge in [-0.1, -0.05) is 0 Å². The van der Waals surface area contributed by atoms with Crippen molar-refractivity contribution < 1.29 is 9.53 Å². The van der Waals surface area contributed by atoms with Crippen LogP contribution in [-0.4, -0.2) is 30.6 Å². The molecule has 2 aromatic carbocycles. The van der Waals surface area contributed by atoms with Crippen LogP contribution in [-0.2, 0) is 11.2 Å². The first-order chi connectivity index (χ1) is 13.7. The van der Waals surface area contributed by atoms with Crippen LogP contribution in [0.1, 0.15) is 35.1 Å². The number of fused-ring (bicyclic) bond motifs is 1. The Hall–Kier alpha value is -3.46. The highest BCUT2D eigenvalue weighted by molar-refractivity contribution is 6.17. The highest BCUT2D eigenvalue weighted by Crippen LogP contribution is 2.31. The molecule has 0 unspecified atom stereocenters. The van der Waals surface area contributed by atoms with Gasteiger partial charge < -0.3 is 10.1 Å². The molecule has 6 nitrogen and oxygen atoms in total. The van der Waals surface area contributed by atoms with E-state index in [0.717, 1.165) is 28.1 Å². The van der Waals surface area contributed by atoms with Gasteiger partial charge in [-0.3, -0.25) is 9.79 Å². The standard InChI is InChI=1S/C22H18N4O2/c23-10-17-7-14(4-6-20(17)28-12-13-1-2-13)19-11-24-22(26-19)15-3-5-18-16(8-15)9-21(27)25-18/h3-8,13H,1-2,9,11-12H2,(H,25,27). The Morgan fingerprint density at radius 2 is 2.04 bits per heavy atom. The number of hydrogen-bond acceptors (Lipinski definition) is 5. The zero-order valence-corrected chi connectivity index (χ0v) is 15.2. The van der Waals surface area contributed by atoms with Gasteiger partial charge in [0.2, 0.25) is 5.91 Å². The number of aliphatic imine (C=N–C) groups is 2. The second kappa shape index (κ2) is 6.61. The largest absolute Gasteiger partial charge is 0.492 e. The summed E-state index contributed by atoms with van der Waals surface area (Å²) in [4.78, 5) is 20.8. The lowest BCUT2D eigenvalue weighted by molar-refractivity contribution is -0.115. The van der Waals surface area contributed by atoms with Gasteiger partial charge >= 0.3 is 0 Å². The average molecular weight is 370 g/mol. The van der Waals surface area contributed by atoms with Gasteiger partial charge in [-0.25, -0.2) is 4.99 Å². The number of hydrogen-bond donors (Lipinski definition) is 1. The molecule has 0 saturated heterocycles. The molecule has 2 heterocycles. The molecule has 2 aliphatic heterocycles. The maximum Gasteiger partial charge on any atom is 0.228 e. The number of ether oxygens (including phenoxy) is 1. The Bertz CT molecular complexity index is 1090. The van der Waals surface area contributed by atoms with Gasteiger partial charge in [0, 0.05) is 11.3 Å². The summed E-state index contributed by atoms with van der Waals surface area (Å²) in [6.45, 7) is 1.15. The Kier molecular flexibility index (Phi) is 3.94. The fourth-order valence-electron chi connectivity index (χ4n) is 3.44. The number of nitriles is 1. The molecule has 28 heavy (non-hydrogen) atoms. The molecular formula is C22H18N4O2. The third kappa shape index (κ3) is 3.16. The van der Waals surface area contributed by atoms with Gasteiger partial charge in [-0.05, 0) is 66.3 Å². The zero-order valence-electron chi connectivity index (χ0n) is 15.2. The third-order valence-electron chi connectivity index (χ3n) is 5.21. The van der Waals surface area contributed by atoms with Crippen molar-refractivity contribution in [2.75, 3.05) is 18.5 Å². The number of amides is 1. The molecular weight excluding hydrogens is 352 g/mol. The van der Waals surface area contributed by atoms with E-state index < -0.39 is 0 Å². The summed E-state index contributed by atoms with van der Waals surface area (Å²) in [7, 11) is 0. The van der Waals surface area contributed by atoms with E-state index in [0.29, 0.717) is 42.6 Å². The Morgan fingerprint density at radius 3 is 2.86 bits per heavy atom. The van der Waals surface area contributed by atoms with E-state index in [9.17, 15) is 10.1 Å². The van der Waals surface area contributed by atoms with Crippen LogP contribution in [0.15, 0.2) is 46.4 Å². The van der Waals surface area contributed by atoms with Gasteiger partial charge in [-0.2, -0.15) is 5.26 Å². The van der Waals surface area contributed by atoms with E-state index in [2.05, 4.69) is 21.4 Å². The van der Waals surface area contributed by atoms with Crippen molar-refractivity contribution in [2.24, 2.45) is 15.9 Å². The van der Waals surface area contributed by atoms with Crippen molar-refractivity contribution in [3.8, 4) is 11.8 Å². The minimum atomic E-state index is 0.0118. The number of anilines is 1. The fraction of sp³-hybridized carbons (Fsp3) is 0.273. The number of rotatable bonds is 5. The average Bonchev–Trinajstić information content (AvgIpc) is 3.26. The van der Waals surface area contributed by atoms with Gasteiger partial charge in [0.05, 0.1) is 30.8 Å². The van der Waals surface area contributed by atoms with Crippen molar-refractivity contribution in [1.29, 1.82) is 5.26 Å². The van der Waals surface area contributed by atoms with Crippen molar-refractivity contribution in [2.45, 2.75) is 19.3 Å². The lowest BCUT2D eigenvalue weighted by Crippen LogP contribution is -2.05. The van der Waals surface area contributed by atoms with E-state index >= 15 is 0 Å². The van der Waals surface area contributed by atoms with E-state index in [-0.39, 0.29) is 5.91 Å². The van der Waals surface area contributed by atoms with Crippen molar-refractivity contribution in [3.63, 3.8) is 0 Å². The quantitative estimate of drug-likeness (QED) is 0.877. The first-order valence-corrected chi connectivity index (χ1v) is 9.42. The molecule has 1 amide bonds. The maximum atomic E-state index is 11.5. The second-order valence-electron chi connectivity index (χ2n) is 7.37. The van der Waals surface area contributed by atoms with E-state index in [1.165, 1.54) is 12.8 Å². The lowest BCUT2D eigenvalue weighted by atomic mass is 10.1. The summed E-state index contributed by atoms with van der Waals surface area (Å²) in [6, 6.07) is 13.6. The third-order valence-corrected chi connectivity index (χ3v) is 5.21. The molecule has 1 fully saturated rings. The number of carbonyl (C=O) groups excluding carboxylic acids is 1. The smallest absolute Gasteiger partial charge is 0.228 e. The number of amidine groups is 1. The van der Waals surface area contributed by atoms with Crippen LogP contribution >= 0.6 is 0 Å². The molecule has 0 spiro atoms. The molecule has 6 heteroatoms. The first-order valence-electron chi connectivity index (χ1n) is 9.42. The molecule has 1 N–H and O–H groups in total. The zero-order chi connectivity index (χ0) is 19.1. The molecule has 0 bridgehead atoms. The normalized spacial score (nSPS) is 17.5. The summed E-state index contributed by atoms with van der Waals surface area (Å²) in [5, 5.41) is 12.3. The molecule has 1 saturated carbocycles. The molecule has 138 valence electrons. The van der Waals surface area contributed by atoms with Crippen LogP contribution in [0.4, 0.5) is 5.69 Å². The second-order valence-corrected chi connectivity index (χ2v) is 7.37. The van der Waals surface area contributed by atoms with E-state index in [4.69, 9.17) is 4.74 Å². The lowest BCUT2D eigenvalue weighted by Gasteiger charge is -2.08. The van der Waals surface area contributed by atoms with Crippen LogP contribution in [0.2, 0.25) is 0 Å². The first kappa shape index (κ1) is 16.7. The molecule has 3 aliphatic rings. The minimum Gasteiger partial charge on any atom is -0.492 e. The summed E-state index contributed by atoms with van der Waals surface area (Å²) >= 11 is 0. The van der Waals surface area contributed by atoms with E-state index in [1.807, 2.05) is 36.4 Å². The Balaban J connectivity index is 1.37. The summed E-state index contributed by atoms with van der Waals surface area (Å²) < 4.78 is 5.79. The van der Waals surface area contributed by atoms with Crippen LogP contribution in [0.5, 0.6) is 5.75 Å². The molecule has 0 aromatic heterocycles. The van der Waals surface area contributed by atoms with Crippen LogP contribution in [0.25, 0.3) is 0 Å². The maximum absolute atomic E-state index is 11.5. The van der Waals surface area contributed by atoms with Crippen molar-refractivity contribution in [1.82, 2.24) is 0 Å². The monoisotopic (exact) mass is 370 g/mol. The van der Waals surface area contributed by atoms with Crippen molar-refractivity contribution in [3.05, 3.63) is 58.7 Å². The van der Waals surface area contributed by atoms with Gasteiger partial charge in [0.1, 0.15) is 11.8 Å². The van der Waals surface area contributed by atoms with Crippen molar-refractivity contribution >= 4 is 23.1 Å². The Morgan fingerprint density at radius 1 is 1.18 bits per heavy atom. The SMILES string of the molecule is N#Cc1cc(C2=NC(c3ccc4c(c3)CC(=O)N4)=NC2)ccc1OCC1CC1. The number of nitrogens with one attached hydrogen (secondary N) is 1. The van der Waals surface area contributed by atoms with Gasteiger partial charge in [0.25, 0.3) is 0 Å². The van der Waals surface area contributed by atoms with Gasteiger partial charge in [-0.15, -0.1) is 0 Å². The summed E-state index contributed by atoms with van der Waals surface area (Å²) in [6.07, 6.45) is 2.81. The highest BCUT2D eigenvalue weighted by Gasteiger charge is 2.23. The van der Waals surface area contributed by atoms with Crippen LogP contribution < -0.4 is 10.1 Å². The van der Waals surface area contributed by atoms with E-state index in [1.54, 1.807) is 0 Å². The van der Waals surface area contributed by atoms with Gasteiger partial charge in [0.15, 0.2) is 5.84 Å². The highest BCUT2D eigenvalue weighted by atomic mass is 16.5. The molecule has 5 rings (SSSR count). The topological polar surface area (TPSA) is 86.8 Å². The summed E-state index contributed by atoms with van der Waals surface area (Å²) in [5.74, 6) is 1.94. The fourth-order valence-corrected chi connectivity index (χ4v) is 3.44. The van der Waals surface area contributed by atoms with Crippen LogP contribution in [0, 0.1) is 17.2 Å². The molecule has 1 aliphatic carbocycles. The molecule has 2 aromatic rings. The minimum absolute atomic E-state index is 0.0118. The molecule has 0 atom stereocenters. The number of carbonyl (C=O) groups is 1. The Labute approximate surface area is 162 Å². The molecule has 0 radical (unpaired) electrons. The number of benzene rings is 2. The predicted octanol–water partition coefficient (Wildman–Crippen LogP) is 3.09.